The highest BCUT2D eigenvalue weighted by Crippen LogP contribution is 2.20. The largest absolute Gasteiger partial charge is 0.350 e. The fourth-order valence-corrected chi connectivity index (χ4v) is 3.46. The summed E-state index contributed by atoms with van der Waals surface area (Å²) in [6.45, 7) is 3.26. The summed E-state index contributed by atoms with van der Waals surface area (Å²) in [5.74, 6) is -0.0506. The van der Waals surface area contributed by atoms with Gasteiger partial charge in [0.25, 0.3) is 5.91 Å². The van der Waals surface area contributed by atoms with Crippen LogP contribution in [0.3, 0.4) is 0 Å². The molecule has 5 heteroatoms. The fraction of sp³-hybridized carbons (Fsp3) is 0.238. The first-order valence-corrected chi connectivity index (χ1v) is 8.90. The second-order valence-corrected chi connectivity index (χ2v) is 6.64. The Balaban J connectivity index is 1.47. The monoisotopic (exact) mass is 346 g/mol. The van der Waals surface area contributed by atoms with Crippen LogP contribution in [0.4, 0.5) is 0 Å². The molecule has 1 unspecified atom stereocenters. The van der Waals surface area contributed by atoms with E-state index in [1.807, 2.05) is 6.07 Å². The molecule has 4 rings (SSSR count). The van der Waals surface area contributed by atoms with E-state index in [-0.39, 0.29) is 11.9 Å². The van der Waals surface area contributed by atoms with Gasteiger partial charge in [-0.25, -0.2) is 0 Å². The van der Waals surface area contributed by atoms with Crippen LogP contribution in [0.15, 0.2) is 73.2 Å². The number of hydrogen-bond donors (Lipinski definition) is 1. The van der Waals surface area contributed by atoms with E-state index in [0.29, 0.717) is 12.1 Å². The van der Waals surface area contributed by atoms with Crippen molar-refractivity contribution in [3.05, 3.63) is 90.0 Å². The third kappa shape index (κ3) is 3.68. The Kier molecular flexibility index (Phi) is 4.80. The fourth-order valence-electron chi connectivity index (χ4n) is 3.46. The molecular weight excluding hydrogens is 324 g/mol. The first kappa shape index (κ1) is 16.5. The van der Waals surface area contributed by atoms with Gasteiger partial charge in [-0.15, -0.1) is 0 Å². The summed E-state index contributed by atoms with van der Waals surface area (Å²) in [4.78, 5) is 18.8. The van der Waals surface area contributed by atoms with Crippen LogP contribution in [0.25, 0.3) is 0 Å². The van der Waals surface area contributed by atoms with Gasteiger partial charge in [0.2, 0.25) is 0 Å². The van der Waals surface area contributed by atoms with Crippen LogP contribution in [-0.2, 0) is 19.6 Å². The van der Waals surface area contributed by atoms with Crippen molar-refractivity contribution in [2.24, 2.45) is 0 Å². The molecule has 3 heterocycles. The molecule has 5 nitrogen and oxygen atoms in total. The predicted molar refractivity (Wildman–Crippen MR) is 100 cm³/mol. The highest BCUT2D eigenvalue weighted by atomic mass is 16.1. The summed E-state index contributed by atoms with van der Waals surface area (Å²) in [5.41, 5.74) is 3.25. The zero-order valence-corrected chi connectivity index (χ0v) is 14.6. The lowest BCUT2D eigenvalue weighted by Gasteiger charge is -2.37. The van der Waals surface area contributed by atoms with Gasteiger partial charge < -0.3 is 9.88 Å². The van der Waals surface area contributed by atoms with Crippen molar-refractivity contribution in [1.82, 2.24) is 19.8 Å². The molecule has 1 aliphatic rings. The average Bonchev–Trinajstić information content (AvgIpc) is 3.14. The van der Waals surface area contributed by atoms with Crippen molar-refractivity contribution in [3.8, 4) is 0 Å². The third-order valence-corrected chi connectivity index (χ3v) is 4.88. The van der Waals surface area contributed by atoms with E-state index < -0.39 is 0 Å². The second-order valence-electron chi connectivity index (χ2n) is 6.64. The Morgan fingerprint density at radius 1 is 1.08 bits per heavy atom. The molecule has 2 aromatic heterocycles. The highest BCUT2D eigenvalue weighted by molar-refractivity contribution is 5.93. The minimum Gasteiger partial charge on any atom is -0.350 e. The number of aromatic nitrogens is 2. The first-order valence-electron chi connectivity index (χ1n) is 8.90. The molecule has 0 bridgehead atoms. The van der Waals surface area contributed by atoms with Gasteiger partial charge in [0.15, 0.2) is 0 Å². The number of pyridine rings is 1. The first-order chi connectivity index (χ1) is 12.8. The average molecular weight is 346 g/mol. The molecule has 132 valence electrons. The molecule has 0 radical (unpaired) electrons. The summed E-state index contributed by atoms with van der Waals surface area (Å²) in [6.07, 6.45) is 5.40. The van der Waals surface area contributed by atoms with E-state index in [9.17, 15) is 4.79 Å². The van der Waals surface area contributed by atoms with E-state index in [0.717, 1.165) is 19.6 Å². The van der Waals surface area contributed by atoms with Crippen LogP contribution in [0.2, 0.25) is 0 Å². The molecule has 26 heavy (non-hydrogen) atoms. The van der Waals surface area contributed by atoms with E-state index in [1.165, 1.54) is 11.3 Å². The number of nitrogens with one attached hydrogen (secondary N) is 1. The van der Waals surface area contributed by atoms with Gasteiger partial charge in [0.1, 0.15) is 0 Å². The summed E-state index contributed by atoms with van der Waals surface area (Å²) < 4.78 is 2.28. The van der Waals surface area contributed by atoms with Crippen molar-refractivity contribution in [2.45, 2.75) is 25.7 Å². The highest BCUT2D eigenvalue weighted by Gasteiger charge is 2.26. The van der Waals surface area contributed by atoms with Gasteiger partial charge >= 0.3 is 0 Å². The summed E-state index contributed by atoms with van der Waals surface area (Å²) in [7, 11) is 0. The zero-order valence-electron chi connectivity index (χ0n) is 14.6. The molecule has 1 aliphatic heterocycles. The molecule has 0 spiro atoms. The van der Waals surface area contributed by atoms with Crippen LogP contribution >= 0.6 is 0 Å². The molecule has 1 N–H and O–H groups in total. The number of carbonyl (C=O) groups excluding carboxylic acids is 1. The zero-order chi connectivity index (χ0) is 17.8. The van der Waals surface area contributed by atoms with Crippen LogP contribution in [0, 0.1) is 0 Å². The third-order valence-electron chi connectivity index (χ3n) is 4.88. The molecule has 1 aromatic carbocycles. The van der Waals surface area contributed by atoms with Gasteiger partial charge in [-0.2, -0.15) is 0 Å². The Morgan fingerprint density at radius 3 is 2.69 bits per heavy atom. The maximum absolute atomic E-state index is 12.4. The molecule has 0 saturated heterocycles. The molecule has 3 aromatic rings. The van der Waals surface area contributed by atoms with Gasteiger partial charge in [0, 0.05) is 62.1 Å². The van der Waals surface area contributed by atoms with Gasteiger partial charge in [-0.1, -0.05) is 30.3 Å². The van der Waals surface area contributed by atoms with E-state index in [2.05, 4.69) is 62.4 Å². The minimum absolute atomic E-state index is 0.0506. The lowest BCUT2D eigenvalue weighted by atomic mass is 10.1. The number of carbonyl (C=O) groups is 1. The van der Waals surface area contributed by atoms with E-state index in [4.69, 9.17) is 0 Å². The topological polar surface area (TPSA) is 50.2 Å². The van der Waals surface area contributed by atoms with E-state index in [1.54, 1.807) is 24.5 Å². The number of nitrogens with zero attached hydrogens (tertiary/aromatic N) is 3. The summed E-state index contributed by atoms with van der Waals surface area (Å²) >= 11 is 0. The summed E-state index contributed by atoms with van der Waals surface area (Å²) in [5, 5.41) is 3.09. The molecular formula is C21H22N4O. The smallest absolute Gasteiger partial charge is 0.251 e. The molecule has 1 atom stereocenters. The Bertz CT molecular complexity index is 860. The van der Waals surface area contributed by atoms with Gasteiger partial charge in [-0.05, 0) is 29.8 Å². The minimum atomic E-state index is -0.0506. The quantitative estimate of drug-likeness (QED) is 0.773. The number of rotatable bonds is 5. The van der Waals surface area contributed by atoms with Gasteiger partial charge in [0.05, 0.1) is 0 Å². The molecule has 0 saturated carbocycles. The lowest BCUT2D eigenvalue weighted by Crippen LogP contribution is -2.48. The van der Waals surface area contributed by atoms with Crippen LogP contribution in [0.5, 0.6) is 0 Å². The number of fused-ring (bicyclic) bond motifs is 1. The summed E-state index contributed by atoms with van der Waals surface area (Å²) in [6, 6.07) is 18.5. The second kappa shape index (κ2) is 7.54. The molecule has 1 amide bonds. The number of amides is 1. The number of benzene rings is 1. The van der Waals surface area contributed by atoms with Crippen molar-refractivity contribution < 1.29 is 4.79 Å². The van der Waals surface area contributed by atoms with Crippen molar-refractivity contribution in [2.75, 3.05) is 6.54 Å². The Hall–Kier alpha value is -2.92. The Morgan fingerprint density at radius 2 is 1.88 bits per heavy atom. The van der Waals surface area contributed by atoms with Crippen molar-refractivity contribution in [3.63, 3.8) is 0 Å². The van der Waals surface area contributed by atoms with Gasteiger partial charge in [-0.3, -0.25) is 14.7 Å². The normalized spacial score (nSPS) is 16.8. The van der Waals surface area contributed by atoms with E-state index >= 15 is 0 Å². The lowest BCUT2D eigenvalue weighted by molar-refractivity contribution is 0.0898. The predicted octanol–water partition coefficient (Wildman–Crippen LogP) is 2.70. The maximum atomic E-state index is 12.4. The van der Waals surface area contributed by atoms with Crippen molar-refractivity contribution >= 4 is 5.91 Å². The van der Waals surface area contributed by atoms with Crippen LogP contribution in [-0.4, -0.2) is 32.9 Å². The maximum Gasteiger partial charge on any atom is 0.251 e. The molecule has 0 aliphatic carbocycles. The standard InChI is InChI=1S/C21H22N4O/c26-21(18-8-10-22-11-9-18)23-13-20-16-24-12-4-7-19(24)15-25(20)14-17-5-2-1-3-6-17/h1-12,20H,13-16H2,(H,23,26). The number of hydrogen-bond acceptors (Lipinski definition) is 3. The SMILES string of the molecule is O=C(NCC1Cn2cccc2CN1Cc1ccccc1)c1ccncc1. The van der Waals surface area contributed by atoms with Crippen LogP contribution < -0.4 is 5.32 Å². The molecule has 0 fully saturated rings. The Labute approximate surface area is 153 Å². The van der Waals surface area contributed by atoms with Crippen LogP contribution in [0.1, 0.15) is 21.6 Å². The van der Waals surface area contributed by atoms with Crippen molar-refractivity contribution in [1.29, 1.82) is 0 Å².